The van der Waals surface area contributed by atoms with Crippen LogP contribution in [0.25, 0.3) is 0 Å². The van der Waals surface area contributed by atoms with E-state index in [1.54, 1.807) is 0 Å². The Bertz CT molecular complexity index is 674. The maximum Gasteiger partial charge on any atom is 0.340 e. The fourth-order valence-electron chi connectivity index (χ4n) is 1.78. The molecule has 0 radical (unpaired) electrons. The predicted octanol–water partition coefficient (Wildman–Crippen LogP) is 3.50. The van der Waals surface area contributed by atoms with Gasteiger partial charge in [-0.15, -0.1) is 0 Å². The van der Waals surface area contributed by atoms with Crippen molar-refractivity contribution in [3.8, 4) is 0 Å². The zero-order valence-corrected chi connectivity index (χ0v) is 11.1. The second-order valence-electron chi connectivity index (χ2n) is 4.28. The van der Waals surface area contributed by atoms with Crippen LogP contribution in [0.5, 0.6) is 0 Å². The fourth-order valence-corrected chi connectivity index (χ4v) is 1.78. The molecule has 0 unspecified atom stereocenters. The van der Waals surface area contributed by atoms with Gasteiger partial charge in [0.15, 0.2) is 0 Å². The van der Waals surface area contributed by atoms with Crippen molar-refractivity contribution in [1.82, 2.24) is 0 Å². The molecule has 0 spiro atoms. The zero-order valence-electron chi connectivity index (χ0n) is 11.1. The first-order valence-electron chi connectivity index (χ1n) is 6.07. The Balaban J connectivity index is 2.17. The summed E-state index contributed by atoms with van der Waals surface area (Å²) in [5.41, 5.74) is 0.279. The summed E-state index contributed by atoms with van der Waals surface area (Å²) >= 11 is 0. The first kappa shape index (κ1) is 14.9. The molecule has 0 aliphatic carbocycles. The predicted molar refractivity (Wildman–Crippen MR) is 71.4 cm³/mol. The van der Waals surface area contributed by atoms with Gasteiger partial charge in [-0.05, 0) is 36.4 Å². The lowest BCUT2D eigenvalue weighted by Gasteiger charge is -2.09. The molecule has 0 aliphatic heterocycles. The third-order valence-corrected chi connectivity index (χ3v) is 2.86. The number of benzene rings is 2. The molecule has 0 atom stereocenters. The molecule has 0 aliphatic rings. The van der Waals surface area contributed by atoms with Gasteiger partial charge in [-0.25, -0.2) is 18.0 Å². The molecule has 0 amide bonds. The van der Waals surface area contributed by atoms with Gasteiger partial charge < -0.3 is 10.1 Å². The number of anilines is 1. The van der Waals surface area contributed by atoms with Gasteiger partial charge in [0.1, 0.15) is 17.5 Å². The first-order chi connectivity index (χ1) is 10.0. The molecule has 1 N–H and O–H groups in total. The van der Waals surface area contributed by atoms with E-state index >= 15 is 0 Å². The molecule has 0 bridgehead atoms. The van der Waals surface area contributed by atoms with E-state index in [0.29, 0.717) is 5.69 Å². The van der Waals surface area contributed by atoms with E-state index < -0.39 is 23.4 Å². The monoisotopic (exact) mass is 295 g/mol. The summed E-state index contributed by atoms with van der Waals surface area (Å²) < 4.78 is 44.4. The number of esters is 1. The van der Waals surface area contributed by atoms with Crippen LogP contribution in [0.15, 0.2) is 36.4 Å². The number of hydrogen-bond acceptors (Lipinski definition) is 3. The maximum absolute atomic E-state index is 13.5. The number of ether oxygens (including phenoxy) is 1. The van der Waals surface area contributed by atoms with E-state index in [2.05, 4.69) is 10.1 Å². The lowest BCUT2D eigenvalue weighted by atomic mass is 10.1. The van der Waals surface area contributed by atoms with Crippen LogP contribution in [0.3, 0.4) is 0 Å². The number of carbonyl (C=O) groups is 1. The quantitative estimate of drug-likeness (QED) is 0.877. The molecule has 2 rings (SSSR count). The van der Waals surface area contributed by atoms with Gasteiger partial charge >= 0.3 is 5.97 Å². The Morgan fingerprint density at radius 2 is 1.81 bits per heavy atom. The SMILES string of the molecule is COC(=O)c1cc(NCc2cc(F)ccc2F)ccc1F. The molecule has 0 aromatic heterocycles. The number of nitrogens with one attached hydrogen (secondary N) is 1. The van der Waals surface area contributed by atoms with Crippen LogP contribution < -0.4 is 5.32 Å². The smallest absolute Gasteiger partial charge is 0.340 e. The van der Waals surface area contributed by atoms with Crippen LogP contribution in [0, 0.1) is 17.5 Å². The summed E-state index contributed by atoms with van der Waals surface area (Å²) in [4.78, 5) is 11.4. The van der Waals surface area contributed by atoms with E-state index in [4.69, 9.17) is 0 Å². The van der Waals surface area contributed by atoms with Gasteiger partial charge in [0.05, 0.1) is 12.7 Å². The van der Waals surface area contributed by atoms with E-state index in [0.717, 1.165) is 31.4 Å². The molecule has 110 valence electrons. The third-order valence-electron chi connectivity index (χ3n) is 2.86. The van der Waals surface area contributed by atoms with Crippen molar-refractivity contribution in [2.75, 3.05) is 12.4 Å². The molecule has 0 fully saturated rings. The van der Waals surface area contributed by atoms with Gasteiger partial charge in [0, 0.05) is 17.8 Å². The lowest BCUT2D eigenvalue weighted by Crippen LogP contribution is -2.07. The molecular weight excluding hydrogens is 283 g/mol. The minimum absolute atomic E-state index is 0.00413. The molecule has 2 aromatic rings. The van der Waals surface area contributed by atoms with Gasteiger partial charge in [-0.1, -0.05) is 0 Å². The number of rotatable bonds is 4. The first-order valence-corrected chi connectivity index (χ1v) is 6.07. The summed E-state index contributed by atoms with van der Waals surface area (Å²) in [5, 5.41) is 2.79. The zero-order chi connectivity index (χ0) is 15.4. The summed E-state index contributed by atoms with van der Waals surface area (Å²) in [5.74, 6) is -2.64. The molecule has 0 saturated heterocycles. The highest BCUT2D eigenvalue weighted by molar-refractivity contribution is 5.90. The van der Waals surface area contributed by atoms with E-state index in [1.165, 1.54) is 12.1 Å². The topological polar surface area (TPSA) is 38.3 Å². The fraction of sp³-hybridized carbons (Fsp3) is 0.133. The van der Waals surface area contributed by atoms with Crippen molar-refractivity contribution in [3.05, 3.63) is 65.0 Å². The highest BCUT2D eigenvalue weighted by Crippen LogP contribution is 2.17. The number of carbonyl (C=O) groups excluding carboxylic acids is 1. The number of halogens is 3. The minimum Gasteiger partial charge on any atom is -0.465 e. The average molecular weight is 295 g/mol. The molecule has 21 heavy (non-hydrogen) atoms. The summed E-state index contributed by atoms with van der Waals surface area (Å²) in [6, 6.07) is 6.84. The van der Waals surface area contributed by atoms with Crippen LogP contribution in [-0.2, 0) is 11.3 Å². The average Bonchev–Trinajstić information content (AvgIpc) is 2.48. The van der Waals surface area contributed by atoms with Crippen molar-refractivity contribution in [3.63, 3.8) is 0 Å². The van der Waals surface area contributed by atoms with Crippen molar-refractivity contribution >= 4 is 11.7 Å². The molecular formula is C15H12F3NO2. The summed E-state index contributed by atoms with van der Waals surface area (Å²) in [7, 11) is 1.14. The van der Waals surface area contributed by atoms with Crippen molar-refractivity contribution in [2.24, 2.45) is 0 Å². The summed E-state index contributed by atoms with van der Waals surface area (Å²) in [6.07, 6.45) is 0. The second kappa shape index (κ2) is 6.30. The Morgan fingerprint density at radius 1 is 1.10 bits per heavy atom. The highest BCUT2D eigenvalue weighted by Gasteiger charge is 2.13. The molecule has 0 heterocycles. The molecule has 0 saturated carbocycles. The van der Waals surface area contributed by atoms with Crippen LogP contribution in [0.1, 0.15) is 15.9 Å². The molecule has 2 aromatic carbocycles. The van der Waals surface area contributed by atoms with Crippen LogP contribution in [-0.4, -0.2) is 13.1 Å². The van der Waals surface area contributed by atoms with Crippen molar-refractivity contribution < 1.29 is 22.7 Å². The maximum atomic E-state index is 13.5. The highest BCUT2D eigenvalue weighted by atomic mass is 19.1. The molecule has 6 heteroatoms. The Labute approximate surface area is 119 Å². The normalized spacial score (nSPS) is 10.3. The van der Waals surface area contributed by atoms with Gasteiger partial charge in [-0.2, -0.15) is 0 Å². The van der Waals surface area contributed by atoms with E-state index in [-0.39, 0.29) is 17.7 Å². The van der Waals surface area contributed by atoms with Crippen LogP contribution in [0.4, 0.5) is 18.9 Å². The van der Waals surface area contributed by atoms with Gasteiger partial charge in [0.25, 0.3) is 0 Å². The van der Waals surface area contributed by atoms with Crippen LogP contribution >= 0.6 is 0 Å². The number of hydrogen-bond donors (Lipinski definition) is 1. The third kappa shape index (κ3) is 3.53. The lowest BCUT2D eigenvalue weighted by molar-refractivity contribution is 0.0595. The number of methoxy groups -OCH3 is 1. The van der Waals surface area contributed by atoms with E-state index in [1.807, 2.05) is 0 Å². The Kier molecular flexibility index (Phi) is 4.47. The largest absolute Gasteiger partial charge is 0.465 e. The van der Waals surface area contributed by atoms with Crippen LogP contribution in [0.2, 0.25) is 0 Å². The van der Waals surface area contributed by atoms with Crippen molar-refractivity contribution in [2.45, 2.75) is 6.54 Å². The van der Waals surface area contributed by atoms with Gasteiger partial charge in [0.2, 0.25) is 0 Å². The minimum atomic E-state index is -0.812. The Morgan fingerprint density at radius 3 is 2.52 bits per heavy atom. The summed E-state index contributed by atoms with van der Waals surface area (Å²) in [6.45, 7) is -0.00413. The van der Waals surface area contributed by atoms with Gasteiger partial charge in [-0.3, -0.25) is 0 Å². The van der Waals surface area contributed by atoms with E-state index in [9.17, 15) is 18.0 Å². The Hall–Kier alpha value is -2.50. The molecule has 3 nitrogen and oxygen atoms in total. The van der Waals surface area contributed by atoms with Crippen molar-refractivity contribution in [1.29, 1.82) is 0 Å². The second-order valence-corrected chi connectivity index (χ2v) is 4.28. The standard InChI is InChI=1S/C15H12F3NO2/c1-21-15(20)12-7-11(3-5-14(12)18)19-8-9-6-10(16)2-4-13(9)17/h2-7,19H,8H2,1H3.